The summed E-state index contributed by atoms with van der Waals surface area (Å²) in [5, 5.41) is 6.66. The molecule has 1 aliphatic rings. The highest BCUT2D eigenvalue weighted by Crippen LogP contribution is 2.40. The van der Waals surface area contributed by atoms with Gasteiger partial charge in [-0.2, -0.15) is 9.29 Å². The van der Waals surface area contributed by atoms with Gasteiger partial charge in [-0.3, -0.25) is 4.79 Å². The molecule has 0 atom stereocenters. The van der Waals surface area contributed by atoms with Crippen molar-refractivity contribution in [3.05, 3.63) is 41.3 Å². The second-order valence-corrected chi connectivity index (χ2v) is 8.70. The summed E-state index contributed by atoms with van der Waals surface area (Å²) in [7, 11) is -3.81. The zero-order valence-electron chi connectivity index (χ0n) is 16.0. The van der Waals surface area contributed by atoms with Crippen LogP contribution in [-0.4, -0.2) is 41.9 Å². The van der Waals surface area contributed by atoms with E-state index in [2.05, 4.69) is 15.5 Å². The number of halogens is 1. The lowest BCUT2D eigenvalue weighted by Crippen LogP contribution is -2.51. The van der Waals surface area contributed by atoms with E-state index in [0.717, 1.165) is 18.6 Å². The van der Waals surface area contributed by atoms with Crippen molar-refractivity contribution in [1.29, 1.82) is 0 Å². The maximum atomic E-state index is 14.4. The number of amides is 1. The van der Waals surface area contributed by atoms with Gasteiger partial charge >= 0.3 is 0 Å². The molecule has 1 fully saturated rings. The first-order valence-corrected chi connectivity index (χ1v) is 10.6. The molecular formula is C18H23FN4O4S. The van der Waals surface area contributed by atoms with E-state index in [1.807, 2.05) is 0 Å². The number of hydrogen-bond donors (Lipinski definition) is 1. The number of rotatable bonds is 7. The number of carbonyl (C=O) groups is 1. The molecule has 0 radical (unpaired) electrons. The molecule has 0 unspecified atom stereocenters. The number of hydrogen-bond acceptors (Lipinski definition) is 6. The van der Waals surface area contributed by atoms with Crippen LogP contribution in [0.3, 0.4) is 0 Å². The molecule has 1 saturated carbocycles. The largest absolute Gasteiger partial charge is 0.340 e. The average Bonchev–Trinajstić information content (AvgIpc) is 3.05. The quantitative estimate of drug-likeness (QED) is 0.751. The standard InChI is InChI=1S/C18H23FN4O4S/c1-4-23(5-2)28(25,26)13-7-8-15(19)14(11-13)16(24)21-18(9-6-10-18)17-20-12(3)27-22-17/h7-8,11H,4-6,9-10H2,1-3H3,(H,21,24). The van der Waals surface area contributed by atoms with Gasteiger partial charge in [0.05, 0.1) is 10.5 Å². The number of nitrogens with one attached hydrogen (secondary N) is 1. The summed E-state index contributed by atoms with van der Waals surface area (Å²) < 4.78 is 46.0. The summed E-state index contributed by atoms with van der Waals surface area (Å²) in [6.45, 7) is 5.62. The number of nitrogens with zero attached hydrogens (tertiary/aromatic N) is 3. The number of aromatic nitrogens is 2. The monoisotopic (exact) mass is 410 g/mol. The van der Waals surface area contributed by atoms with Crippen LogP contribution in [0.5, 0.6) is 0 Å². The smallest absolute Gasteiger partial charge is 0.255 e. The third kappa shape index (κ3) is 3.53. The highest BCUT2D eigenvalue weighted by atomic mass is 32.2. The van der Waals surface area contributed by atoms with Crippen LogP contribution in [0.15, 0.2) is 27.6 Å². The van der Waals surface area contributed by atoms with E-state index in [9.17, 15) is 17.6 Å². The Labute approximate surface area is 163 Å². The molecule has 10 heteroatoms. The summed E-state index contributed by atoms with van der Waals surface area (Å²) >= 11 is 0. The van der Waals surface area contributed by atoms with E-state index in [1.165, 1.54) is 10.4 Å². The van der Waals surface area contributed by atoms with Gasteiger partial charge in [0.2, 0.25) is 15.9 Å². The van der Waals surface area contributed by atoms with Gasteiger partial charge in [-0.05, 0) is 37.5 Å². The fraction of sp³-hybridized carbons (Fsp3) is 0.500. The molecule has 1 amide bonds. The minimum absolute atomic E-state index is 0.124. The van der Waals surface area contributed by atoms with Crippen LogP contribution in [0.25, 0.3) is 0 Å². The Balaban J connectivity index is 1.92. The van der Waals surface area contributed by atoms with E-state index < -0.39 is 27.3 Å². The molecule has 1 heterocycles. The minimum atomic E-state index is -3.81. The average molecular weight is 410 g/mol. The van der Waals surface area contributed by atoms with Crippen molar-refractivity contribution in [1.82, 2.24) is 19.8 Å². The molecule has 1 aromatic carbocycles. The van der Waals surface area contributed by atoms with Crippen LogP contribution in [0.1, 0.15) is 55.2 Å². The fourth-order valence-electron chi connectivity index (χ4n) is 3.26. The zero-order valence-corrected chi connectivity index (χ0v) is 16.8. The summed E-state index contributed by atoms with van der Waals surface area (Å²) in [4.78, 5) is 16.9. The molecule has 152 valence electrons. The number of benzene rings is 1. The first-order chi connectivity index (χ1) is 13.2. The second kappa shape index (κ2) is 7.59. The van der Waals surface area contributed by atoms with Crippen LogP contribution in [0.2, 0.25) is 0 Å². The molecular weight excluding hydrogens is 387 g/mol. The SMILES string of the molecule is CCN(CC)S(=O)(=O)c1ccc(F)c(C(=O)NC2(c3noc(C)n3)CCC2)c1. The Morgan fingerprint density at radius 2 is 2.00 bits per heavy atom. The molecule has 0 saturated heterocycles. The lowest BCUT2D eigenvalue weighted by Gasteiger charge is -2.39. The van der Waals surface area contributed by atoms with Crippen molar-refractivity contribution < 1.29 is 22.1 Å². The van der Waals surface area contributed by atoms with Gasteiger partial charge in [0.1, 0.15) is 11.4 Å². The predicted octanol–water partition coefficient (Wildman–Crippen LogP) is 2.36. The molecule has 3 rings (SSSR count). The van der Waals surface area contributed by atoms with Gasteiger partial charge in [0, 0.05) is 20.0 Å². The second-order valence-electron chi connectivity index (χ2n) is 6.76. The molecule has 28 heavy (non-hydrogen) atoms. The van der Waals surface area contributed by atoms with Crippen molar-refractivity contribution in [2.75, 3.05) is 13.1 Å². The number of carbonyl (C=O) groups excluding carboxylic acids is 1. The summed E-state index contributed by atoms with van der Waals surface area (Å²) in [6, 6.07) is 3.24. The molecule has 0 spiro atoms. The van der Waals surface area contributed by atoms with Crippen molar-refractivity contribution in [3.8, 4) is 0 Å². The van der Waals surface area contributed by atoms with E-state index in [4.69, 9.17) is 4.52 Å². The van der Waals surface area contributed by atoms with Crippen LogP contribution >= 0.6 is 0 Å². The Morgan fingerprint density at radius 3 is 2.50 bits per heavy atom. The third-order valence-corrected chi connectivity index (χ3v) is 7.09. The van der Waals surface area contributed by atoms with Gasteiger partial charge < -0.3 is 9.84 Å². The maximum absolute atomic E-state index is 14.4. The molecule has 2 aromatic rings. The van der Waals surface area contributed by atoms with Crippen LogP contribution in [0, 0.1) is 12.7 Å². The summed E-state index contributed by atoms with van der Waals surface area (Å²) in [6.07, 6.45) is 2.04. The van der Waals surface area contributed by atoms with Gasteiger partial charge in [0.15, 0.2) is 5.82 Å². The summed E-state index contributed by atoms with van der Waals surface area (Å²) in [5.41, 5.74) is -1.16. The Hall–Kier alpha value is -2.33. The van der Waals surface area contributed by atoms with Crippen LogP contribution in [-0.2, 0) is 15.6 Å². The molecule has 0 aliphatic heterocycles. The van der Waals surface area contributed by atoms with Gasteiger partial charge in [-0.1, -0.05) is 19.0 Å². The first-order valence-electron chi connectivity index (χ1n) is 9.16. The van der Waals surface area contributed by atoms with Crippen LogP contribution < -0.4 is 5.32 Å². The number of aryl methyl sites for hydroxylation is 1. The summed E-state index contributed by atoms with van der Waals surface area (Å²) in [5.74, 6) is -0.794. The Kier molecular flexibility index (Phi) is 5.53. The third-order valence-electron chi connectivity index (χ3n) is 5.04. The van der Waals surface area contributed by atoms with E-state index in [1.54, 1.807) is 20.8 Å². The molecule has 0 bridgehead atoms. The zero-order chi connectivity index (χ0) is 20.5. The highest BCUT2D eigenvalue weighted by Gasteiger charge is 2.44. The minimum Gasteiger partial charge on any atom is -0.340 e. The molecule has 8 nitrogen and oxygen atoms in total. The van der Waals surface area contributed by atoms with Crippen LogP contribution in [0.4, 0.5) is 4.39 Å². The topological polar surface area (TPSA) is 105 Å². The van der Waals surface area contributed by atoms with Crippen molar-refractivity contribution in [2.45, 2.75) is 50.5 Å². The van der Waals surface area contributed by atoms with Gasteiger partial charge in [-0.25, -0.2) is 12.8 Å². The normalized spacial score (nSPS) is 16.0. The van der Waals surface area contributed by atoms with E-state index in [0.29, 0.717) is 24.6 Å². The number of sulfonamides is 1. The Bertz CT molecular complexity index is 981. The highest BCUT2D eigenvalue weighted by molar-refractivity contribution is 7.89. The first kappa shape index (κ1) is 20.4. The Morgan fingerprint density at radius 1 is 1.32 bits per heavy atom. The van der Waals surface area contributed by atoms with Gasteiger partial charge in [0.25, 0.3) is 5.91 Å². The van der Waals surface area contributed by atoms with Crippen molar-refractivity contribution >= 4 is 15.9 Å². The lowest BCUT2D eigenvalue weighted by molar-refractivity contribution is 0.0800. The maximum Gasteiger partial charge on any atom is 0.255 e. The molecule has 1 aromatic heterocycles. The van der Waals surface area contributed by atoms with Crippen molar-refractivity contribution in [2.24, 2.45) is 0 Å². The van der Waals surface area contributed by atoms with Crippen molar-refractivity contribution in [3.63, 3.8) is 0 Å². The molecule has 1 N–H and O–H groups in total. The fourth-order valence-corrected chi connectivity index (χ4v) is 4.75. The van der Waals surface area contributed by atoms with Gasteiger partial charge in [-0.15, -0.1) is 0 Å². The molecule has 1 aliphatic carbocycles. The predicted molar refractivity (Wildman–Crippen MR) is 98.5 cm³/mol. The van der Waals surface area contributed by atoms with E-state index >= 15 is 0 Å². The lowest BCUT2D eigenvalue weighted by atomic mass is 9.76. The van der Waals surface area contributed by atoms with E-state index in [-0.39, 0.29) is 23.5 Å².